The molecule has 2 rings (SSSR count). The summed E-state index contributed by atoms with van der Waals surface area (Å²) in [6.45, 7) is 5.40. The summed E-state index contributed by atoms with van der Waals surface area (Å²) in [6, 6.07) is 5.44. The summed E-state index contributed by atoms with van der Waals surface area (Å²) in [5.41, 5.74) is 1.52. The highest BCUT2D eigenvalue weighted by atomic mass is 35.5. The fourth-order valence-electron chi connectivity index (χ4n) is 2.22. The Labute approximate surface area is 118 Å². The molecule has 0 saturated carbocycles. The SMILES string of the molecule is Cc1c(Cl)cccc1C(=O)N1CCC(C)C(Cl)C1. The van der Waals surface area contributed by atoms with Gasteiger partial charge in [0.25, 0.3) is 5.91 Å². The van der Waals surface area contributed by atoms with Crippen molar-refractivity contribution in [2.24, 2.45) is 5.92 Å². The Kier molecular flexibility index (Phi) is 4.18. The molecule has 2 nitrogen and oxygen atoms in total. The van der Waals surface area contributed by atoms with Gasteiger partial charge in [0.05, 0.1) is 5.38 Å². The Morgan fingerprint density at radius 3 is 2.83 bits per heavy atom. The lowest BCUT2D eigenvalue weighted by Crippen LogP contribution is -2.44. The van der Waals surface area contributed by atoms with Gasteiger partial charge in [-0.2, -0.15) is 0 Å². The number of carbonyl (C=O) groups excluding carboxylic acids is 1. The van der Waals surface area contributed by atoms with Gasteiger partial charge in [-0.15, -0.1) is 11.6 Å². The summed E-state index contributed by atoms with van der Waals surface area (Å²) < 4.78 is 0. The van der Waals surface area contributed by atoms with Gasteiger partial charge in [-0.25, -0.2) is 0 Å². The van der Waals surface area contributed by atoms with Crippen LogP contribution >= 0.6 is 23.2 Å². The number of alkyl halides is 1. The molecule has 0 spiro atoms. The van der Waals surface area contributed by atoms with Crippen molar-refractivity contribution < 1.29 is 4.79 Å². The van der Waals surface area contributed by atoms with Gasteiger partial charge >= 0.3 is 0 Å². The van der Waals surface area contributed by atoms with Crippen LogP contribution in [0.25, 0.3) is 0 Å². The van der Waals surface area contributed by atoms with E-state index in [4.69, 9.17) is 23.2 Å². The molecule has 1 aromatic rings. The predicted octanol–water partition coefficient (Wildman–Crippen LogP) is 3.74. The standard InChI is InChI=1S/C14H17Cl2NO/c1-9-6-7-17(8-13(9)16)14(18)11-4-3-5-12(15)10(11)2/h3-5,9,13H,6-8H2,1-2H3. The van der Waals surface area contributed by atoms with Gasteiger partial charge < -0.3 is 4.90 Å². The maximum atomic E-state index is 12.4. The number of benzene rings is 1. The molecule has 2 atom stereocenters. The first-order chi connectivity index (χ1) is 8.50. The smallest absolute Gasteiger partial charge is 0.254 e. The van der Waals surface area contributed by atoms with Crippen molar-refractivity contribution in [2.75, 3.05) is 13.1 Å². The largest absolute Gasteiger partial charge is 0.337 e. The van der Waals surface area contributed by atoms with Crippen LogP contribution in [0.5, 0.6) is 0 Å². The number of likely N-dealkylation sites (tertiary alicyclic amines) is 1. The Hall–Kier alpha value is -0.730. The number of hydrogen-bond donors (Lipinski definition) is 0. The second-order valence-corrected chi connectivity index (χ2v) is 5.91. The fourth-order valence-corrected chi connectivity index (χ4v) is 2.68. The minimum Gasteiger partial charge on any atom is -0.337 e. The first-order valence-electron chi connectivity index (χ1n) is 6.19. The van der Waals surface area contributed by atoms with Gasteiger partial charge in [0, 0.05) is 23.7 Å². The number of rotatable bonds is 1. The van der Waals surface area contributed by atoms with E-state index in [-0.39, 0.29) is 11.3 Å². The first kappa shape index (κ1) is 13.7. The summed E-state index contributed by atoms with van der Waals surface area (Å²) >= 11 is 12.3. The van der Waals surface area contributed by atoms with Crippen LogP contribution in [0, 0.1) is 12.8 Å². The molecule has 0 radical (unpaired) electrons. The molecule has 1 saturated heterocycles. The van der Waals surface area contributed by atoms with E-state index in [1.165, 1.54) is 0 Å². The van der Waals surface area contributed by atoms with Crippen molar-refractivity contribution in [1.29, 1.82) is 0 Å². The van der Waals surface area contributed by atoms with E-state index < -0.39 is 0 Å². The van der Waals surface area contributed by atoms with Gasteiger partial charge in [-0.3, -0.25) is 4.79 Å². The first-order valence-corrected chi connectivity index (χ1v) is 7.00. The molecule has 0 bridgehead atoms. The maximum Gasteiger partial charge on any atom is 0.254 e. The molecule has 1 fully saturated rings. The molecule has 0 aromatic heterocycles. The molecular formula is C14H17Cl2NO. The average molecular weight is 286 g/mol. The van der Waals surface area contributed by atoms with E-state index in [0.29, 0.717) is 23.0 Å². The minimum absolute atomic E-state index is 0.0348. The van der Waals surface area contributed by atoms with Crippen LogP contribution < -0.4 is 0 Å². The van der Waals surface area contributed by atoms with E-state index in [1.54, 1.807) is 6.07 Å². The highest BCUT2D eigenvalue weighted by Crippen LogP contribution is 2.25. The summed E-state index contributed by atoms with van der Waals surface area (Å²) in [5, 5.41) is 0.677. The van der Waals surface area contributed by atoms with E-state index in [2.05, 4.69) is 6.92 Å². The molecule has 1 aliphatic heterocycles. The van der Waals surface area contributed by atoms with Crippen LogP contribution in [0.2, 0.25) is 5.02 Å². The molecule has 0 N–H and O–H groups in total. The van der Waals surface area contributed by atoms with Crippen LogP contribution in [0.3, 0.4) is 0 Å². The predicted molar refractivity (Wildman–Crippen MR) is 75.5 cm³/mol. The second kappa shape index (κ2) is 5.50. The van der Waals surface area contributed by atoms with Crippen molar-refractivity contribution >= 4 is 29.1 Å². The van der Waals surface area contributed by atoms with Gasteiger partial charge in [0.2, 0.25) is 0 Å². The zero-order valence-corrected chi connectivity index (χ0v) is 12.1. The monoisotopic (exact) mass is 285 g/mol. The molecule has 4 heteroatoms. The number of amides is 1. The third-order valence-electron chi connectivity index (χ3n) is 3.65. The van der Waals surface area contributed by atoms with Gasteiger partial charge in [-0.05, 0) is 37.0 Å². The summed E-state index contributed by atoms with van der Waals surface area (Å²) in [6.07, 6.45) is 0.958. The number of piperidine rings is 1. The zero-order chi connectivity index (χ0) is 13.3. The van der Waals surface area contributed by atoms with Crippen LogP contribution in [-0.2, 0) is 0 Å². The van der Waals surface area contributed by atoms with Crippen LogP contribution in [0.1, 0.15) is 29.3 Å². The summed E-state index contributed by atoms with van der Waals surface area (Å²) in [4.78, 5) is 14.3. The summed E-state index contributed by atoms with van der Waals surface area (Å²) in [5.74, 6) is 0.503. The molecule has 18 heavy (non-hydrogen) atoms. The van der Waals surface area contributed by atoms with E-state index in [0.717, 1.165) is 18.5 Å². The molecule has 98 valence electrons. The molecule has 1 heterocycles. The number of nitrogens with zero attached hydrogens (tertiary/aromatic N) is 1. The maximum absolute atomic E-state index is 12.4. The van der Waals surface area contributed by atoms with Crippen molar-refractivity contribution in [3.8, 4) is 0 Å². The van der Waals surface area contributed by atoms with Gasteiger partial charge in [0.15, 0.2) is 0 Å². The number of carbonyl (C=O) groups is 1. The van der Waals surface area contributed by atoms with Crippen LogP contribution in [-0.4, -0.2) is 29.3 Å². The highest BCUT2D eigenvalue weighted by Gasteiger charge is 2.28. The van der Waals surface area contributed by atoms with Crippen molar-refractivity contribution in [3.63, 3.8) is 0 Å². The quantitative estimate of drug-likeness (QED) is 0.720. The number of halogens is 2. The van der Waals surface area contributed by atoms with Crippen molar-refractivity contribution in [1.82, 2.24) is 4.90 Å². The minimum atomic E-state index is 0.0348. The molecule has 1 aliphatic rings. The Morgan fingerprint density at radius 1 is 1.44 bits per heavy atom. The highest BCUT2D eigenvalue weighted by molar-refractivity contribution is 6.31. The Balaban J connectivity index is 2.19. The fraction of sp³-hybridized carbons (Fsp3) is 0.500. The number of hydrogen-bond acceptors (Lipinski definition) is 1. The van der Waals surface area contributed by atoms with Crippen LogP contribution in [0.15, 0.2) is 18.2 Å². The zero-order valence-electron chi connectivity index (χ0n) is 10.6. The average Bonchev–Trinajstić information content (AvgIpc) is 2.35. The van der Waals surface area contributed by atoms with Gasteiger partial charge in [0.1, 0.15) is 0 Å². The van der Waals surface area contributed by atoms with Gasteiger partial charge in [-0.1, -0.05) is 24.6 Å². The molecular weight excluding hydrogens is 269 g/mol. The van der Waals surface area contributed by atoms with E-state index in [1.807, 2.05) is 24.0 Å². The third kappa shape index (κ3) is 2.65. The lowest BCUT2D eigenvalue weighted by atomic mass is 9.97. The van der Waals surface area contributed by atoms with Crippen molar-refractivity contribution in [3.05, 3.63) is 34.3 Å². The van der Waals surface area contributed by atoms with Crippen LogP contribution in [0.4, 0.5) is 0 Å². The lowest BCUT2D eigenvalue weighted by molar-refractivity contribution is 0.0700. The third-order valence-corrected chi connectivity index (χ3v) is 4.63. The lowest BCUT2D eigenvalue weighted by Gasteiger charge is -2.34. The van der Waals surface area contributed by atoms with Crippen molar-refractivity contribution in [2.45, 2.75) is 25.6 Å². The molecule has 1 amide bonds. The topological polar surface area (TPSA) is 20.3 Å². The molecule has 2 unspecified atom stereocenters. The molecule has 0 aliphatic carbocycles. The normalized spacial score (nSPS) is 24.1. The summed E-state index contributed by atoms with van der Waals surface area (Å²) in [7, 11) is 0. The Morgan fingerprint density at radius 2 is 2.17 bits per heavy atom. The second-order valence-electron chi connectivity index (χ2n) is 4.95. The Bertz CT molecular complexity index is 461. The molecule has 1 aromatic carbocycles. The van der Waals surface area contributed by atoms with E-state index in [9.17, 15) is 4.79 Å². The van der Waals surface area contributed by atoms with E-state index >= 15 is 0 Å².